The highest BCUT2D eigenvalue weighted by atomic mass is 35.5. The molecule has 5 nitrogen and oxygen atoms in total. The van der Waals surface area contributed by atoms with Crippen LogP contribution in [0.2, 0.25) is 0 Å². The van der Waals surface area contributed by atoms with E-state index in [0.29, 0.717) is 6.42 Å². The summed E-state index contributed by atoms with van der Waals surface area (Å²) in [6, 6.07) is 15.6. The predicted octanol–water partition coefficient (Wildman–Crippen LogP) is 4.96. The highest BCUT2D eigenvalue weighted by Gasteiger charge is 2.42. The SMILES string of the molecule is CC(C)(C)O[C@H]1C[C@H](C(=O)Cl)N(C(=O)OCC2c3ccccc3-c3ccccc32)C1. The highest BCUT2D eigenvalue weighted by Crippen LogP contribution is 2.44. The lowest BCUT2D eigenvalue weighted by molar-refractivity contribution is -0.115. The summed E-state index contributed by atoms with van der Waals surface area (Å²) in [6.07, 6.45) is -0.405. The van der Waals surface area contributed by atoms with Crippen molar-refractivity contribution in [2.75, 3.05) is 13.2 Å². The quantitative estimate of drug-likeness (QED) is 0.647. The van der Waals surface area contributed by atoms with Crippen molar-refractivity contribution in [3.8, 4) is 11.1 Å². The van der Waals surface area contributed by atoms with Gasteiger partial charge >= 0.3 is 6.09 Å². The third-order valence-corrected chi connectivity index (χ3v) is 5.87. The lowest BCUT2D eigenvalue weighted by atomic mass is 9.98. The second-order valence-corrected chi connectivity index (χ2v) is 9.24. The molecule has 0 unspecified atom stereocenters. The van der Waals surface area contributed by atoms with Crippen LogP contribution in [0.3, 0.4) is 0 Å². The van der Waals surface area contributed by atoms with Crippen LogP contribution in [-0.4, -0.2) is 47.1 Å². The first kappa shape index (κ1) is 20.9. The zero-order valence-electron chi connectivity index (χ0n) is 17.4. The number of likely N-dealkylation sites (tertiary alicyclic amines) is 1. The van der Waals surface area contributed by atoms with Gasteiger partial charge in [0.25, 0.3) is 0 Å². The maximum atomic E-state index is 12.9. The summed E-state index contributed by atoms with van der Waals surface area (Å²) in [5.74, 6) is -0.0317. The van der Waals surface area contributed by atoms with Crippen LogP contribution in [0.15, 0.2) is 48.5 Å². The average Bonchev–Trinajstić information content (AvgIpc) is 3.24. The van der Waals surface area contributed by atoms with Gasteiger partial charge in [-0.3, -0.25) is 9.69 Å². The Morgan fingerprint density at radius 1 is 1.03 bits per heavy atom. The highest BCUT2D eigenvalue weighted by molar-refractivity contribution is 6.64. The van der Waals surface area contributed by atoms with Crippen molar-refractivity contribution in [3.63, 3.8) is 0 Å². The van der Waals surface area contributed by atoms with Gasteiger partial charge in [-0.25, -0.2) is 4.79 Å². The van der Waals surface area contributed by atoms with Crippen molar-refractivity contribution >= 4 is 22.9 Å². The van der Waals surface area contributed by atoms with Gasteiger partial charge in [-0.05, 0) is 54.6 Å². The van der Waals surface area contributed by atoms with Crippen molar-refractivity contribution in [1.82, 2.24) is 4.90 Å². The van der Waals surface area contributed by atoms with Crippen molar-refractivity contribution in [2.45, 2.75) is 50.9 Å². The molecule has 1 aliphatic carbocycles. The van der Waals surface area contributed by atoms with Crippen LogP contribution in [0.1, 0.15) is 44.2 Å². The molecule has 2 aromatic carbocycles. The summed E-state index contributed by atoms with van der Waals surface area (Å²) in [7, 11) is 0. The number of hydrogen-bond donors (Lipinski definition) is 0. The molecule has 1 heterocycles. The number of fused-ring (bicyclic) bond motifs is 3. The third kappa shape index (κ3) is 4.09. The van der Waals surface area contributed by atoms with E-state index in [1.54, 1.807) is 0 Å². The first-order valence-electron chi connectivity index (χ1n) is 10.2. The summed E-state index contributed by atoms with van der Waals surface area (Å²) in [4.78, 5) is 26.2. The Morgan fingerprint density at radius 3 is 2.13 bits per heavy atom. The average molecular weight is 428 g/mol. The minimum atomic E-state index is -0.727. The molecule has 30 heavy (non-hydrogen) atoms. The molecule has 0 bridgehead atoms. The second kappa shape index (κ2) is 8.05. The van der Waals surface area contributed by atoms with Gasteiger partial charge in [-0.2, -0.15) is 0 Å². The summed E-state index contributed by atoms with van der Waals surface area (Å²) < 4.78 is 11.7. The topological polar surface area (TPSA) is 55.8 Å². The molecule has 1 aliphatic heterocycles. The van der Waals surface area contributed by atoms with E-state index in [-0.39, 0.29) is 30.8 Å². The Bertz CT molecular complexity index is 922. The minimum absolute atomic E-state index is 0.0317. The van der Waals surface area contributed by atoms with E-state index in [0.717, 1.165) is 11.1 Å². The van der Waals surface area contributed by atoms with Gasteiger partial charge < -0.3 is 9.47 Å². The molecule has 0 N–H and O–H groups in total. The van der Waals surface area contributed by atoms with Crippen LogP contribution in [0.4, 0.5) is 4.79 Å². The smallest absolute Gasteiger partial charge is 0.410 e. The Labute approximate surface area is 181 Å². The van der Waals surface area contributed by atoms with E-state index < -0.39 is 17.4 Å². The lowest BCUT2D eigenvalue weighted by Crippen LogP contribution is -2.40. The number of halogens is 1. The van der Waals surface area contributed by atoms with Crippen molar-refractivity contribution < 1.29 is 19.1 Å². The van der Waals surface area contributed by atoms with E-state index >= 15 is 0 Å². The number of benzene rings is 2. The van der Waals surface area contributed by atoms with Gasteiger partial charge in [0.15, 0.2) is 0 Å². The van der Waals surface area contributed by atoms with Crippen LogP contribution >= 0.6 is 11.6 Å². The van der Waals surface area contributed by atoms with Gasteiger partial charge in [0.05, 0.1) is 18.2 Å². The van der Waals surface area contributed by atoms with Crippen LogP contribution in [-0.2, 0) is 14.3 Å². The summed E-state index contributed by atoms with van der Waals surface area (Å²) in [5, 5.41) is -0.566. The molecule has 2 aliphatic rings. The van der Waals surface area contributed by atoms with E-state index in [1.165, 1.54) is 16.0 Å². The molecule has 158 valence electrons. The van der Waals surface area contributed by atoms with E-state index in [4.69, 9.17) is 21.1 Å². The summed E-state index contributed by atoms with van der Waals surface area (Å²) in [6.45, 7) is 6.33. The molecule has 6 heteroatoms. The van der Waals surface area contributed by atoms with Crippen LogP contribution < -0.4 is 0 Å². The number of ether oxygens (including phenoxy) is 2. The van der Waals surface area contributed by atoms with E-state index in [2.05, 4.69) is 24.3 Å². The van der Waals surface area contributed by atoms with Crippen LogP contribution in [0.25, 0.3) is 11.1 Å². The van der Waals surface area contributed by atoms with Gasteiger partial charge in [0.2, 0.25) is 5.24 Å². The number of nitrogens with zero attached hydrogens (tertiary/aromatic N) is 1. The third-order valence-electron chi connectivity index (χ3n) is 5.62. The van der Waals surface area contributed by atoms with Gasteiger partial charge in [0, 0.05) is 12.3 Å². The fourth-order valence-corrected chi connectivity index (χ4v) is 4.68. The molecule has 1 saturated heterocycles. The number of amides is 1. The van der Waals surface area contributed by atoms with Crippen LogP contribution in [0, 0.1) is 0 Å². The fourth-order valence-electron chi connectivity index (χ4n) is 4.48. The van der Waals surface area contributed by atoms with Gasteiger partial charge in [-0.15, -0.1) is 0 Å². The molecule has 2 aromatic rings. The molecule has 1 fully saturated rings. The standard InChI is InChI=1S/C24H26ClNO4/c1-24(2,3)30-15-12-21(22(25)27)26(13-15)23(28)29-14-20-18-10-6-4-8-16(18)17-9-5-7-11-19(17)20/h4-11,15,20-21H,12-14H2,1-3H3/t15-,21+/m0/s1. The molecule has 0 saturated carbocycles. The first-order chi connectivity index (χ1) is 14.2. The van der Waals surface area contributed by atoms with E-state index in [1.807, 2.05) is 45.0 Å². The second-order valence-electron chi connectivity index (χ2n) is 8.86. The Morgan fingerprint density at radius 2 is 1.60 bits per heavy atom. The molecule has 2 atom stereocenters. The zero-order chi connectivity index (χ0) is 21.5. The number of carbonyl (C=O) groups is 2. The molecule has 0 aromatic heterocycles. The first-order valence-corrected chi connectivity index (χ1v) is 10.6. The molecular weight excluding hydrogens is 402 g/mol. The summed E-state index contributed by atoms with van der Waals surface area (Å²) in [5.41, 5.74) is 4.26. The molecular formula is C24H26ClNO4. The maximum absolute atomic E-state index is 12.9. The number of hydrogen-bond acceptors (Lipinski definition) is 4. The Balaban J connectivity index is 1.48. The van der Waals surface area contributed by atoms with Gasteiger partial charge in [0.1, 0.15) is 12.6 Å². The number of rotatable bonds is 4. The molecule has 4 rings (SSSR count). The molecule has 0 radical (unpaired) electrons. The number of carbonyl (C=O) groups excluding carboxylic acids is 2. The normalized spacial score (nSPS) is 20.7. The fraction of sp³-hybridized carbons (Fsp3) is 0.417. The largest absolute Gasteiger partial charge is 0.448 e. The van der Waals surface area contributed by atoms with Gasteiger partial charge in [-0.1, -0.05) is 48.5 Å². The van der Waals surface area contributed by atoms with E-state index in [9.17, 15) is 9.59 Å². The Kier molecular flexibility index (Phi) is 5.60. The zero-order valence-corrected chi connectivity index (χ0v) is 18.2. The minimum Gasteiger partial charge on any atom is -0.448 e. The van der Waals surface area contributed by atoms with Crippen molar-refractivity contribution in [2.24, 2.45) is 0 Å². The monoisotopic (exact) mass is 427 g/mol. The van der Waals surface area contributed by atoms with Crippen molar-refractivity contribution in [3.05, 3.63) is 59.7 Å². The Hall–Kier alpha value is -2.37. The molecule has 1 amide bonds. The summed E-state index contributed by atoms with van der Waals surface area (Å²) >= 11 is 5.78. The maximum Gasteiger partial charge on any atom is 0.410 e. The van der Waals surface area contributed by atoms with Crippen LogP contribution in [0.5, 0.6) is 0 Å². The predicted molar refractivity (Wildman–Crippen MR) is 116 cm³/mol. The van der Waals surface area contributed by atoms with Crippen molar-refractivity contribution in [1.29, 1.82) is 0 Å². The lowest BCUT2D eigenvalue weighted by Gasteiger charge is -2.25. The molecule has 0 spiro atoms.